The van der Waals surface area contributed by atoms with Gasteiger partial charge in [0.15, 0.2) is 5.60 Å². The third-order valence-electron chi connectivity index (χ3n) is 5.48. The number of halogens is 1. The summed E-state index contributed by atoms with van der Waals surface area (Å²) >= 11 is 5.88. The molecule has 33 heavy (non-hydrogen) atoms. The Hall–Kier alpha value is -2.33. The van der Waals surface area contributed by atoms with E-state index in [4.69, 9.17) is 21.1 Å². The number of amides is 1. The first-order chi connectivity index (χ1) is 15.6. The van der Waals surface area contributed by atoms with Crippen molar-refractivity contribution in [3.63, 3.8) is 0 Å². The lowest BCUT2D eigenvalue weighted by Crippen LogP contribution is -2.52. The molecule has 0 saturated carbocycles. The third kappa shape index (κ3) is 6.60. The molecule has 1 aliphatic heterocycles. The van der Waals surface area contributed by atoms with Crippen molar-refractivity contribution in [2.24, 2.45) is 0 Å². The summed E-state index contributed by atoms with van der Waals surface area (Å²) < 4.78 is 38.1. The van der Waals surface area contributed by atoms with E-state index < -0.39 is 15.6 Å². The standard InChI is InChI=1S/C23H30ClN3O5S/c1-23(2,32-20-6-4-18(24)5-7-20)22(28)25-12-13-26-14-16-27(17-15-26)33(29,30)21-10-8-19(31-3)9-11-21/h4-11H,12-17H2,1-3H3,(H,25,28). The molecule has 2 aromatic carbocycles. The summed E-state index contributed by atoms with van der Waals surface area (Å²) in [7, 11) is -2.00. The van der Waals surface area contributed by atoms with Gasteiger partial charge in [0.05, 0.1) is 12.0 Å². The van der Waals surface area contributed by atoms with E-state index >= 15 is 0 Å². The van der Waals surface area contributed by atoms with Gasteiger partial charge in [-0.05, 0) is 62.4 Å². The molecule has 0 radical (unpaired) electrons. The van der Waals surface area contributed by atoms with Gasteiger partial charge in [-0.25, -0.2) is 8.42 Å². The molecule has 0 bridgehead atoms. The summed E-state index contributed by atoms with van der Waals surface area (Å²) in [6.07, 6.45) is 0. The lowest BCUT2D eigenvalue weighted by atomic mass is 10.1. The van der Waals surface area contributed by atoms with Crippen molar-refractivity contribution in [2.45, 2.75) is 24.3 Å². The molecule has 1 fully saturated rings. The summed E-state index contributed by atoms with van der Waals surface area (Å²) in [5.41, 5.74) is -1.04. The van der Waals surface area contributed by atoms with E-state index in [2.05, 4.69) is 10.2 Å². The van der Waals surface area contributed by atoms with Crippen molar-refractivity contribution in [3.8, 4) is 11.5 Å². The Morgan fingerprint density at radius 3 is 2.15 bits per heavy atom. The summed E-state index contributed by atoms with van der Waals surface area (Å²) in [5.74, 6) is 0.953. The maximum Gasteiger partial charge on any atom is 0.263 e. The second kappa shape index (κ2) is 10.7. The first-order valence-corrected chi connectivity index (χ1v) is 12.5. The average Bonchev–Trinajstić information content (AvgIpc) is 2.80. The van der Waals surface area contributed by atoms with E-state index in [-0.39, 0.29) is 10.8 Å². The van der Waals surface area contributed by atoms with Gasteiger partial charge in [-0.3, -0.25) is 9.69 Å². The Bertz CT molecular complexity index is 1030. The van der Waals surface area contributed by atoms with Crippen LogP contribution in [0.2, 0.25) is 5.02 Å². The highest BCUT2D eigenvalue weighted by Crippen LogP contribution is 2.22. The van der Waals surface area contributed by atoms with E-state index in [1.54, 1.807) is 69.5 Å². The van der Waals surface area contributed by atoms with E-state index in [9.17, 15) is 13.2 Å². The lowest BCUT2D eigenvalue weighted by Gasteiger charge is -2.34. The summed E-state index contributed by atoms with van der Waals surface area (Å²) in [6.45, 7) is 6.46. The minimum Gasteiger partial charge on any atom is -0.497 e. The number of ether oxygens (including phenoxy) is 2. The van der Waals surface area contributed by atoms with Gasteiger partial charge >= 0.3 is 0 Å². The Morgan fingerprint density at radius 1 is 1.00 bits per heavy atom. The SMILES string of the molecule is COc1ccc(S(=O)(=O)N2CCN(CCNC(=O)C(C)(C)Oc3ccc(Cl)cc3)CC2)cc1. The number of piperazine rings is 1. The Kier molecular flexibility index (Phi) is 8.23. The molecule has 0 unspecified atom stereocenters. The zero-order chi connectivity index (χ0) is 24.1. The van der Waals surface area contributed by atoms with E-state index in [0.29, 0.717) is 55.8 Å². The highest BCUT2D eigenvalue weighted by Gasteiger charge is 2.31. The Balaban J connectivity index is 1.44. The van der Waals surface area contributed by atoms with Crippen molar-refractivity contribution in [1.29, 1.82) is 0 Å². The number of nitrogens with zero attached hydrogens (tertiary/aromatic N) is 2. The highest BCUT2D eigenvalue weighted by atomic mass is 35.5. The molecule has 1 aliphatic rings. The number of benzene rings is 2. The van der Waals surface area contributed by atoms with Crippen LogP contribution in [0, 0.1) is 0 Å². The van der Waals surface area contributed by atoms with Crippen LogP contribution in [-0.4, -0.2) is 75.5 Å². The first-order valence-electron chi connectivity index (χ1n) is 10.7. The molecule has 1 saturated heterocycles. The molecule has 3 rings (SSSR count). The molecule has 180 valence electrons. The molecule has 0 spiro atoms. The number of carbonyl (C=O) groups excluding carboxylic acids is 1. The molecular formula is C23H30ClN3O5S. The number of hydrogen-bond acceptors (Lipinski definition) is 6. The summed E-state index contributed by atoms with van der Waals surface area (Å²) in [4.78, 5) is 15.0. The smallest absolute Gasteiger partial charge is 0.263 e. The lowest BCUT2D eigenvalue weighted by molar-refractivity contribution is -0.134. The molecule has 8 nitrogen and oxygen atoms in total. The maximum absolute atomic E-state index is 12.9. The van der Waals surface area contributed by atoms with Crippen molar-refractivity contribution in [3.05, 3.63) is 53.6 Å². The van der Waals surface area contributed by atoms with E-state index in [0.717, 1.165) is 0 Å². The second-order valence-electron chi connectivity index (χ2n) is 8.24. The van der Waals surface area contributed by atoms with E-state index in [1.807, 2.05) is 0 Å². The molecule has 1 amide bonds. The molecular weight excluding hydrogens is 466 g/mol. The van der Waals surface area contributed by atoms with Crippen molar-refractivity contribution in [1.82, 2.24) is 14.5 Å². The zero-order valence-electron chi connectivity index (χ0n) is 19.1. The van der Waals surface area contributed by atoms with Gasteiger partial charge in [0.1, 0.15) is 11.5 Å². The van der Waals surface area contributed by atoms with Crippen LogP contribution in [0.1, 0.15) is 13.8 Å². The van der Waals surface area contributed by atoms with Crippen LogP contribution in [0.4, 0.5) is 0 Å². The monoisotopic (exact) mass is 495 g/mol. The summed E-state index contributed by atoms with van der Waals surface area (Å²) in [6, 6.07) is 13.3. The van der Waals surface area contributed by atoms with Gasteiger partial charge in [0, 0.05) is 44.3 Å². The summed E-state index contributed by atoms with van der Waals surface area (Å²) in [5, 5.41) is 3.50. The second-order valence-corrected chi connectivity index (χ2v) is 10.6. The Labute approximate surface area is 200 Å². The maximum atomic E-state index is 12.9. The van der Waals surface area contributed by atoms with Crippen LogP contribution in [0.25, 0.3) is 0 Å². The topological polar surface area (TPSA) is 88.2 Å². The minimum absolute atomic E-state index is 0.224. The molecule has 10 heteroatoms. The fraction of sp³-hybridized carbons (Fsp3) is 0.435. The van der Waals surface area contributed by atoms with Crippen molar-refractivity contribution < 1.29 is 22.7 Å². The van der Waals surface area contributed by atoms with Gasteiger partial charge in [-0.2, -0.15) is 4.31 Å². The van der Waals surface area contributed by atoms with E-state index in [1.165, 1.54) is 4.31 Å². The Morgan fingerprint density at radius 2 is 1.58 bits per heavy atom. The number of carbonyl (C=O) groups is 1. The number of rotatable bonds is 9. The number of methoxy groups -OCH3 is 1. The highest BCUT2D eigenvalue weighted by molar-refractivity contribution is 7.89. The molecule has 0 atom stereocenters. The third-order valence-corrected chi connectivity index (χ3v) is 7.64. The first kappa shape index (κ1) is 25.3. The zero-order valence-corrected chi connectivity index (χ0v) is 20.7. The van der Waals surface area contributed by atoms with Gasteiger partial charge in [-0.15, -0.1) is 0 Å². The quantitative estimate of drug-likeness (QED) is 0.575. The molecule has 1 heterocycles. The van der Waals surface area contributed by atoms with Crippen LogP contribution < -0.4 is 14.8 Å². The fourth-order valence-corrected chi connectivity index (χ4v) is 5.02. The predicted octanol–water partition coefficient (Wildman–Crippen LogP) is 2.63. The van der Waals surface area contributed by atoms with Crippen molar-refractivity contribution >= 4 is 27.5 Å². The molecule has 2 aromatic rings. The number of sulfonamides is 1. The minimum atomic E-state index is -3.54. The van der Waals surface area contributed by atoms with Gasteiger partial charge in [-0.1, -0.05) is 11.6 Å². The van der Waals surface area contributed by atoms with Gasteiger partial charge < -0.3 is 14.8 Å². The molecule has 0 aromatic heterocycles. The van der Waals surface area contributed by atoms with Crippen LogP contribution in [0.15, 0.2) is 53.4 Å². The molecule has 1 N–H and O–H groups in total. The number of hydrogen-bond donors (Lipinski definition) is 1. The van der Waals surface area contributed by atoms with Crippen LogP contribution in [0.3, 0.4) is 0 Å². The van der Waals surface area contributed by atoms with Crippen LogP contribution >= 0.6 is 11.6 Å². The fourth-order valence-electron chi connectivity index (χ4n) is 3.47. The van der Waals surface area contributed by atoms with Crippen molar-refractivity contribution in [2.75, 3.05) is 46.4 Å². The van der Waals surface area contributed by atoms with Gasteiger partial charge in [0.2, 0.25) is 10.0 Å². The van der Waals surface area contributed by atoms with Gasteiger partial charge in [0.25, 0.3) is 5.91 Å². The normalized spacial score (nSPS) is 15.8. The molecule has 0 aliphatic carbocycles. The largest absolute Gasteiger partial charge is 0.497 e. The number of nitrogens with one attached hydrogen (secondary N) is 1. The van der Waals surface area contributed by atoms with Crippen LogP contribution in [-0.2, 0) is 14.8 Å². The predicted molar refractivity (Wildman–Crippen MR) is 127 cm³/mol. The van der Waals surface area contributed by atoms with Crippen LogP contribution in [0.5, 0.6) is 11.5 Å². The average molecular weight is 496 g/mol.